The van der Waals surface area contributed by atoms with Crippen molar-refractivity contribution in [3.05, 3.63) is 12.7 Å². The second-order valence-electron chi connectivity index (χ2n) is 14.4. The lowest BCUT2D eigenvalue weighted by molar-refractivity contribution is -0.138. The molecule has 4 amide bonds. The molecule has 2 fully saturated rings. The highest BCUT2D eigenvalue weighted by atomic mass is 16.2. The van der Waals surface area contributed by atoms with Gasteiger partial charge in [-0.25, -0.2) is 10.2 Å². The summed E-state index contributed by atoms with van der Waals surface area (Å²) in [6, 6.07) is -2.25. The van der Waals surface area contributed by atoms with Crippen molar-refractivity contribution in [3.8, 4) is 0 Å². The Balaban J connectivity index is 0.00000113. The van der Waals surface area contributed by atoms with E-state index >= 15 is 0 Å². The molecule has 0 bridgehead atoms. The number of nitrogens with one attached hydrogen (secondary N) is 4. The van der Waals surface area contributed by atoms with Crippen molar-refractivity contribution in [3.63, 3.8) is 0 Å². The summed E-state index contributed by atoms with van der Waals surface area (Å²) >= 11 is 0. The Morgan fingerprint density at radius 2 is 1.57 bits per heavy atom. The Morgan fingerprint density at radius 1 is 1.00 bits per heavy atom. The largest absolute Gasteiger partial charge is 0.346 e. The molecule has 0 aromatic rings. The quantitative estimate of drug-likeness (QED) is 0.0738. The number of carbonyl (C=O) groups excluding carboxylic acids is 6. The van der Waals surface area contributed by atoms with Crippen LogP contribution in [0.15, 0.2) is 12.7 Å². The number of nitrogens with two attached hydrogens (primary N) is 1. The number of nitrogens with zero attached hydrogens (tertiary/aromatic N) is 1. The Hall–Kier alpha value is -3.12. The predicted molar refractivity (Wildman–Crippen MR) is 182 cm³/mol. The monoisotopic (exact) mass is 650 g/mol. The van der Waals surface area contributed by atoms with Gasteiger partial charge in [-0.1, -0.05) is 87.1 Å². The number of Topliss-reactive ketones (excluding diaryl/α,β-unsaturated/α-hetero) is 2. The minimum absolute atomic E-state index is 0.129. The number of ketones is 2. The molecule has 1 saturated heterocycles. The molecule has 0 spiro atoms. The van der Waals surface area contributed by atoms with Gasteiger partial charge in [0.2, 0.25) is 11.7 Å². The summed E-state index contributed by atoms with van der Waals surface area (Å²) in [5.74, 6) is 3.64. The molecule has 1 heterocycles. The third-order valence-corrected chi connectivity index (χ3v) is 7.93. The molecule has 0 radical (unpaired) electrons. The first-order valence-electron chi connectivity index (χ1n) is 16.6. The summed E-state index contributed by atoms with van der Waals surface area (Å²) < 4.78 is 0. The zero-order chi connectivity index (χ0) is 35.7. The molecular formula is C34H62N6O6. The minimum Gasteiger partial charge on any atom is -0.346 e. The fraction of sp³-hybridized carbons (Fsp3) is 0.765. The minimum atomic E-state index is -0.757. The summed E-state index contributed by atoms with van der Waals surface area (Å²) in [7, 11) is 0. The van der Waals surface area contributed by atoms with Gasteiger partial charge in [0.1, 0.15) is 18.1 Å². The van der Waals surface area contributed by atoms with E-state index in [9.17, 15) is 28.8 Å². The Morgan fingerprint density at radius 3 is 2.02 bits per heavy atom. The maximum absolute atomic E-state index is 13.2. The van der Waals surface area contributed by atoms with E-state index in [0.717, 1.165) is 44.8 Å². The first-order valence-corrected chi connectivity index (χ1v) is 16.6. The number of urea groups is 1. The standard InChI is InChI=1S/C24H41N3O4.C7H13N3O2.C3H8/c1-22(2,3)18(29)15-24(12-8-7-9-13-24)26-21(31)25-19(23(4,5)6)20(30)27-14-10-11-17(27)16-28;1-3-4-9-7(12)6(11)5(2)10-8;1-3-2/h16-17,19H,7-15H2,1-6H3,(H2,25,26,31);3,5,10H,1,4,8H2,2H3,(H,9,12);3H2,1-2H3/t17-,19?;;/m0../s1. The number of hydrogen-bond donors (Lipinski definition) is 5. The van der Waals surface area contributed by atoms with Crippen molar-refractivity contribution in [2.75, 3.05) is 13.1 Å². The molecule has 1 saturated carbocycles. The van der Waals surface area contributed by atoms with Crippen LogP contribution in [0.4, 0.5) is 4.79 Å². The highest BCUT2D eigenvalue weighted by molar-refractivity contribution is 6.38. The molecule has 0 aromatic carbocycles. The normalized spacial score (nSPS) is 18.7. The van der Waals surface area contributed by atoms with Gasteiger partial charge in [-0.15, -0.1) is 6.58 Å². The first-order chi connectivity index (χ1) is 21.3. The lowest BCUT2D eigenvalue weighted by Crippen LogP contribution is -2.61. The molecule has 46 heavy (non-hydrogen) atoms. The van der Waals surface area contributed by atoms with Gasteiger partial charge in [0.15, 0.2) is 0 Å². The van der Waals surface area contributed by atoms with Crippen LogP contribution in [0.1, 0.15) is 120 Å². The molecule has 2 aliphatic rings. The number of aldehydes is 1. The number of amides is 4. The second kappa shape index (κ2) is 20.2. The zero-order valence-corrected chi connectivity index (χ0v) is 29.8. The maximum Gasteiger partial charge on any atom is 0.315 e. The molecular weight excluding hydrogens is 588 g/mol. The molecule has 12 heteroatoms. The van der Waals surface area contributed by atoms with Crippen LogP contribution >= 0.6 is 0 Å². The van der Waals surface area contributed by atoms with Crippen LogP contribution in [0.25, 0.3) is 0 Å². The number of hydrogen-bond acceptors (Lipinski definition) is 8. The van der Waals surface area contributed by atoms with Gasteiger partial charge in [0, 0.05) is 30.5 Å². The van der Waals surface area contributed by atoms with Gasteiger partial charge in [-0.05, 0) is 38.0 Å². The van der Waals surface area contributed by atoms with Crippen molar-refractivity contribution >= 4 is 35.7 Å². The lowest BCUT2D eigenvalue weighted by Gasteiger charge is -2.40. The molecule has 2 rings (SSSR count). The van der Waals surface area contributed by atoms with E-state index in [0.29, 0.717) is 19.4 Å². The van der Waals surface area contributed by atoms with Crippen molar-refractivity contribution in [1.82, 2.24) is 26.3 Å². The summed E-state index contributed by atoms with van der Waals surface area (Å²) in [5.41, 5.74) is 0.625. The van der Waals surface area contributed by atoms with Crippen LogP contribution in [0.2, 0.25) is 0 Å². The average Bonchev–Trinajstić information content (AvgIpc) is 3.46. The highest BCUT2D eigenvalue weighted by Crippen LogP contribution is 2.34. The third-order valence-electron chi connectivity index (χ3n) is 7.93. The van der Waals surface area contributed by atoms with Gasteiger partial charge >= 0.3 is 6.03 Å². The van der Waals surface area contributed by atoms with Gasteiger partial charge in [0.25, 0.3) is 5.91 Å². The summed E-state index contributed by atoms with van der Waals surface area (Å²) in [6.07, 6.45) is 9.86. The molecule has 1 aliphatic heterocycles. The Labute approximate surface area is 276 Å². The summed E-state index contributed by atoms with van der Waals surface area (Å²) in [6.45, 7) is 21.4. The molecule has 1 aliphatic carbocycles. The van der Waals surface area contributed by atoms with Gasteiger partial charge < -0.3 is 25.6 Å². The predicted octanol–water partition coefficient (Wildman–Crippen LogP) is 3.72. The Kier molecular flexibility index (Phi) is 18.8. The van der Waals surface area contributed by atoms with Crippen molar-refractivity contribution in [2.45, 2.75) is 144 Å². The van der Waals surface area contributed by atoms with Crippen molar-refractivity contribution < 1.29 is 28.8 Å². The molecule has 12 nitrogen and oxygen atoms in total. The van der Waals surface area contributed by atoms with Crippen LogP contribution in [0.3, 0.4) is 0 Å². The molecule has 2 unspecified atom stereocenters. The maximum atomic E-state index is 13.2. The van der Waals surface area contributed by atoms with Crippen LogP contribution in [-0.2, 0) is 24.0 Å². The van der Waals surface area contributed by atoms with Gasteiger partial charge in [-0.3, -0.25) is 25.0 Å². The Bertz CT molecular complexity index is 1030. The number of hydrazine groups is 1. The van der Waals surface area contributed by atoms with Crippen molar-refractivity contribution in [1.29, 1.82) is 0 Å². The fourth-order valence-electron chi connectivity index (χ4n) is 5.10. The zero-order valence-electron chi connectivity index (χ0n) is 29.8. The SMILES string of the molecule is C=CCNC(=O)C(=O)C(C)NN.CC(C)(C)C(=O)CC1(NC(=O)NC(C(=O)N2CCC[C@H]2C=O)C(C)(C)C)CCCCC1.CCC. The van der Waals surface area contributed by atoms with E-state index in [2.05, 4.69) is 41.8 Å². The fourth-order valence-corrected chi connectivity index (χ4v) is 5.10. The van der Waals surface area contributed by atoms with Crippen LogP contribution in [0.5, 0.6) is 0 Å². The third kappa shape index (κ3) is 14.5. The van der Waals surface area contributed by atoms with E-state index in [1.807, 2.05) is 41.5 Å². The van der Waals surface area contributed by atoms with E-state index in [-0.39, 0.29) is 18.2 Å². The second-order valence-corrected chi connectivity index (χ2v) is 14.4. The van der Waals surface area contributed by atoms with E-state index in [4.69, 9.17) is 5.84 Å². The van der Waals surface area contributed by atoms with E-state index in [1.165, 1.54) is 19.4 Å². The number of rotatable bonds is 11. The first kappa shape index (κ1) is 42.9. The lowest BCUT2D eigenvalue weighted by atomic mass is 9.74. The highest BCUT2D eigenvalue weighted by Gasteiger charge is 2.42. The molecule has 6 N–H and O–H groups in total. The van der Waals surface area contributed by atoms with Crippen LogP contribution < -0.4 is 27.2 Å². The van der Waals surface area contributed by atoms with Crippen LogP contribution in [0, 0.1) is 10.8 Å². The number of carbonyl (C=O) groups is 6. The topological polar surface area (TPSA) is 180 Å². The summed E-state index contributed by atoms with van der Waals surface area (Å²) in [5, 5.41) is 8.34. The molecule has 3 atom stereocenters. The van der Waals surface area contributed by atoms with E-state index in [1.54, 1.807) is 4.90 Å². The van der Waals surface area contributed by atoms with Crippen LogP contribution in [-0.4, -0.2) is 77.4 Å². The number of likely N-dealkylation sites (tertiary alicyclic amines) is 1. The van der Waals surface area contributed by atoms with Gasteiger partial charge in [0.05, 0.1) is 12.1 Å². The molecule has 0 aromatic heterocycles. The van der Waals surface area contributed by atoms with Gasteiger partial charge in [-0.2, -0.15) is 0 Å². The average molecular weight is 651 g/mol. The van der Waals surface area contributed by atoms with E-state index < -0.39 is 52.2 Å². The van der Waals surface area contributed by atoms with Crippen molar-refractivity contribution in [2.24, 2.45) is 16.7 Å². The smallest absolute Gasteiger partial charge is 0.315 e. The molecule has 264 valence electrons. The summed E-state index contributed by atoms with van der Waals surface area (Å²) in [4.78, 5) is 74.0.